The molecule has 0 saturated heterocycles. The smallest absolute Gasteiger partial charge is 0.279 e. The maximum atomic E-state index is 12.0. The summed E-state index contributed by atoms with van der Waals surface area (Å²) in [7, 11) is 0. The van der Waals surface area contributed by atoms with Crippen LogP contribution in [0.1, 0.15) is 10.5 Å². The molecular weight excluding hydrogens is 288 g/mol. The van der Waals surface area contributed by atoms with Crippen molar-refractivity contribution < 1.29 is 4.79 Å². The minimum atomic E-state index is -0.442. The summed E-state index contributed by atoms with van der Waals surface area (Å²) in [6, 6.07) is 5.55. The molecule has 104 valence electrons. The van der Waals surface area contributed by atoms with E-state index in [1.54, 1.807) is 6.20 Å². The summed E-state index contributed by atoms with van der Waals surface area (Å²) in [5.41, 5.74) is 7.13. The fourth-order valence-corrected chi connectivity index (χ4v) is 2.34. The summed E-state index contributed by atoms with van der Waals surface area (Å²) in [6.07, 6.45) is 4.52. The Bertz CT molecular complexity index is 773. The second-order valence-corrected chi connectivity index (χ2v) is 4.86. The van der Waals surface area contributed by atoms with Gasteiger partial charge in [0.15, 0.2) is 16.6 Å². The van der Waals surface area contributed by atoms with E-state index in [9.17, 15) is 4.79 Å². The number of carbonyl (C=O) groups is 1. The number of thiazole rings is 1. The van der Waals surface area contributed by atoms with Crippen LogP contribution in [-0.2, 0) is 0 Å². The lowest BCUT2D eigenvalue weighted by atomic mass is 10.3. The van der Waals surface area contributed by atoms with Crippen LogP contribution in [-0.4, -0.2) is 25.8 Å². The zero-order valence-electron chi connectivity index (χ0n) is 10.7. The van der Waals surface area contributed by atoms with E-state index in [2.05, 4.69) is 25.3 Å². The van der Waals surface area contributed by atoms with Gasteiger partial charge in [-0.25, -0.2) is 15.0 Å². The van der Waals surface area contributed by atoms with Crippen molar-refractivity contribution in [3.05, 3.63) is 47.9 Å². The van der Waals surface area contributed by atoms with Crippen LogP contribution in [0.3, 0.4) is 0 Å². The second-order valence-electron chi connectivity index (χ2n) is 4.00. The van der Waals surface area contributed by atoms with E-state index in [1.165, 1.54) is 23.7 Å². The first-order valence-corrected chi connectivity index (χ1v) is 6.87. The molecule has 0 radical (unpaired) electrons. The predicted octanol–water partition coefficient (Wildman–Crippen LogP) is 1.83. The molecule has 0 aliphatic rings. The van der Waals surface area contributed by atoms with Crippen LogP contribution in [0.5, 0.6) is 0 Å². The van der Waals surface area contributed by atoms with Crippen LogP contribution in [0, 0.1) is 0 Å². The van der Waals surface area contributed by atoms with Crippen LogP contribution in [0.15, 0.2) is 42.2 Å². The minimum absolute atomic E-state index is 0.0760. The Hall–Kier alpha value is -2.87. The number of pyridine rings is 1. The molecule has 0 unspecified atom stereocenters. The van der Waals surface area contributed by atoms with Crippen LogP contribution >= 0.6 is 11.3 Å². The lowest BCUT2D eigenvalue weighted by Gasteiger charge is -2.02. The van der Waals surface area contributed by atoms with Gasteiger partial charge in [0.05, 0.1) is 5.69 Å². The molecule has 1 amide bonds. The number of nitrogens with one attached hydrogen (secondary N) is 1. The molecule has 0 saturated carbocycles. The second kappa shape index (κ2) is 5.63. The first-order valence-electron chi connectivity index (χ1n) is 5.99. The standard InChI is InChI=1S/C13H10N6OS/c14-11-10(16-5-6-17-11)12(20)19-13-18-9(7-21-13)8-3-1-2-4-15-8/h1-7H,(H2,14,17)(H,18,19,20). The molecule has 3 rings (SSSR count). The first kappa shape index (κ1) is 13.1. The van der Waals surface area contributed by atoms with Gasteiger partial charge in [-0.05, 0) is 12.1 Å². The lowest BCUT2D eigenvalue weighted by molar-refractivity contribution is 0.102. The van der Waals surface area contributed by atoms with Gasteiger partial charge in [0.1, 0.15) is 5.69 Å². The highest BCUT2D eigenvalue weighted by Gasteiger charge is 2.14. The molecule has 0 aromatic carbocycles. The van der Waals surface area contributed by atoms with Crippen molar-refractivity contribution >= 4 is 28.2 Å². The highest BCUT2D eigenvalue weighted by Crippen LogP contribution is 2.23. The number of nitrogen functional groups attached to an aromatic ring is 1. The van der Waals surface area contributed by atoms with Gasteiger partial charge in [-0.15, -0.1) is 11.3 Å². The SMILES string of the molecule is Nc1nccnc1C(=O)Nc1nc(-c2ccccn2)cs1. The number of anilines is 2. The number of hydrogen-bond donors (Lipinski definition) is 2. The molecule has 0 aliphatic carbocycles. The topological polar surface area (TPSA) is 107 Å². The van der Waals surface area contributed by atoms with Gasteiger partial charge in [0.2, 0.25) is 0 Å². The number of amides is 1. The zero-order chi connectivity index (χ0) is 14.7. The monoisotopic (exact) mass is 298 g/mol. The van der Waals surface area contributed by atoms with Gasteiger partial charge in [0.25, 0.3) is 5.91 Å². The lowest BCUT2D eigenvalue weighted by Crippen LogP contribution is -2.16. The number of rotatable bonds is 3. The molecule has 0 fully saturated rings. The van der Waals surface area contributed by atoms with Crippen LogP contribution in [0.4, 0.5) is 10.9 Å². The van der Waals surface area contributed by atoms with Crippen molar-refractivity contribution in [3.8, 4) is 11.4 Å². The maximum absolute atomic E-state index is 12.0. The summed E-state index contributed by atoms with van der Waals surface area (Å²) in [6.45, 7) is 0. The summed E-state index contributed by atoms with van der Waals surface area (Å²) in [4.78, 5) is 28.3. The Balaban J connectivity index is 1.79. The van der Waals surface area contributed by atoms with Gasteiger partial charge in [-0.1, -0.05) is 6.07 Å². The van der Waals surface area contributed by atoms with Crippen LogP contribution in [0.2, 0.25) is 0 Å². The zero-order valence-corrected chi connectivity index (χ0v) is 11.5. The first-order chi connectivity index (χ1) is 10.2. The fraction of sp³-hybridized carbons (Fsp3) is 0. The fourth-order valence-electron chi connectivity index (χ4n) is 1.64. The van der Waals surface area contributed by atoms with Crippen molar-refractivity contribution in [2.75, 3.05) is 11.1 Å². The summed E-state index contributed by atoms with van der Waals surface area (Å²) >= 11 is 1.30. The van der Waals surface area contributed by atoms with Gasteiger partial charge in [0, 0.05) is 24.0 Å². The molecule has 8 heteroatoms. The normalized spacial score (nSPS) is 10.3. The van der Waals surface area contributed by atoms with E-state index in [0.717, 1.165) is 5.69 Å². The number of aromatic nitrogens is 4. The molecule has 3 heterocycles. The quantitative estimate of drug-likeness (QED) is 0.764. The van der Waals surface area contributed by atoms with Crippen molar-refractivity contribution in [2.45, 2.75) is 0 Å². The summed E-state index contributed by atoms with van der Waals surface area (Å²) in [5.74, 6) is -0.362. The third-order valence-corrected chi connectivity index (χ3v) is 3.35. The minimum Gasteiger partial charge on any atom is -0.382 e. The number of hydrogen-bond acceptors (Lipinski definition) is 7. The third-order valence-electron chi connectivity index (χ3n) is 2.59. The number of nitrogens with zero attached hydrogens (tertiary/aromatic N) is 4. The van der Waals surface area contributed by atoms with Crippen molar-refractivity contribution in [2.24, 2.45) is 0 Å². The van der Waals surface area contributed by atoms with Crippen molar-refractivity contribution in [1.82, 2.24) is 19.9 Å². The highest BCUT2D eigenvalue weighted by molar-refractivity contribution is 7.14. The maximum Gasteiger partial charge on any atom is 0.279 e. The van der Waals surface area contributed by atoms with E-state index in [1.807, 2.05) is 23.6 Å². The Morgan fingerprint density at radius 1 is 1.10 bits per heavy atom. The van der Waals surface area contributed by atoms with E-state index in [-0.39, 0.29) is 11.5 Å². The molecule has 0 bridgehead atoms. The van der Waals surface area contributed by atoms with Gasteiger partial charge < -0.3 is 5.73 Å². The molecule has 7 nitrogen and oxygen atoms in total. The van der Waals surface area contributed by atoms with Crippen molar-refractivity contribution in [3.63, 3.8) is 0 Å². The predicted molar refractivity (Wildman–Crippen MR) is 79.7 cm³/mol. The number of carbonyl (C=O) groups excluding carboxylic acids is 1. The summed E-state index contributed by atoms with van der Waals surface area (Å²) < 4.78 is 0. The molecule has 3 N–H and O–H groups in total. The third kappa shape index (κ3) is 2.84. The van der Waals surface area contributed by atoms with Crippen molar-refractivity contribution in [1.29, 1.82) is 0 Å². The largest absolute Gasteiger partial charge is 0.382 e. The van der Waals surface area contributed by atoms with E-state index in [0.29, 0.717) is 10.8 Å². The molecule has 0 spiro atoms. The Kier molecular flexibility index (Phi) is 3.52. The molecular formula is C13H10N6OS. The van der Waals surface area contributed by atoms with Gasteiger partial charge in [-0.2, -0.15) is 0 Å². The Morgan fingerprint density at radius 3 is 2.71 bits per heavy atom. The van der Waals surface area contributed by atoms with Gasteiger partial charge >= 0.3 is 0 Å². The molecule has 3 aromatic heterocycles. The average molecular weight is 298 g/mol. The van der Waals surface area contributed by atoms with Crippen LogP contribution < -0.4 is 11.1 Å². The van der Waals surface area contributed by atoms with Gasteiger partial charge in [-0.3, -0.25) is 15.1 Å². The number of nitrogens with two attached hydrogens (primary N) is 1. The highest BCUT2D eigenvalue weighted by atomic mass is 32.1. The van der Waals surface area contributed by atoms with E-state index < -0.39 is 5.91 Å². The van der Waals surface area contributed by atoms with Crippen LogP contribution in [0.25, 0.3) is 11.4 Å². The molecule has 21 heavy (non-hydrogen) atoms. The Labute approximate surface area is 123 Å². The summed E-state index contributed by atoms with van der Waals surface area (Å²) in [5, 5.41) is 4.91. The van der Waals surface area contributed by atoms with E-state index >= 15 is 0 Å². The Morgan fingerprint density at radius 2 is 1.95 bits per heavy atom. The molecule has 3 aromatic rings. The molecule has 0 atom stereocenters. The average Bonchev–Trinajstić information content (AvgIpc) is 2.97. The van der Waals surface area contributed by atoms with E-state index in [4.69, 9.17) is 5.73 Å². The molecule has 0 aliphatic heterocycles.